The lowest BCUT2D eigenvalue weighted by atomic mass is 10.2. The number of carbonyl (C=O) groups is 1. The summed E-state index contributed by atoms with van der Waals surface area (Å²) in [5.74, 6) is -0.697. The molecule has 0 fully saturated rings. The summed E-state index contributed by atoms with van der Waals surface area (Å²) in [7, 11) is -3.91. The van der Waals surface area contributed by atoms with Gasteiger partial charge in [0.15, 0.2) is 5.03 Å². The Morgan fingerprint density at radius 1 is 1.55 bits per heavy atom. The first-order chi connectivity index (χ1) is 9.35. The van der Waals surface area contributed by atoms with Gasteiger partial charge in [0.1, 0.15) is 16.4 Å². The first-order valence-corrected chi connectivity index (χ1v) is 7.87. The molecule has 0 radical (unpaired) electrons. The number of anilines is 1. The maximum atomic E-state index is 12.1. The van der Waals surface area contributed by atoms with Crippen LogP contribution in [0.1, 0.15) is 28.8 Å². The van der Waals surface area contributed by atoms with E-state index in [1.165, 1.54) is 13.1 Å². The van der Waals surface area contributed by atoms with Crippen LogP contribution in [0.3, 0.4) is 0 Å². The molecule has 2 aromatic heterocycles. The maximum absolute atomic E-state index is 12.1. The molecule has 8 nitrogen and oxygen atoms in total. The van der Waals surface area contributed by atoms with Crippen LogP contribution in [0.5, 0.6) is 0 Å². The number of nitrogens with zero attached hydrogens (tertiary/aromatic N) is 2. The normalized spacial score (nSPS) is 11.5. The number of hydrogen-bond donors (Lipinski definition) is 3. The summed E-state index contributed by atoms with van der Waals surface area (Å²) in [4.78, 5) is 17.6. The quantitative estimate of drug-likeness (QED) is 0.762. The third-order valence-electron chi connectivity index (χ3n) is 2.53. The first-order valence-electron chi connectivity index (χ1n) is 5.61. The van der Waals surface area contributed by atoms with Gasteiger partial charge in [-0.05, 0) is 18.5 Å². The molecule has 2 aromatic rings. The van der Waals surface area contributed by atoms with Gasteiger partial charge in [-0.1, -0.05) is 6.92 Å². The zero-order valence-electron chi connectivity index (χ0n) is 10.7. The van der Waals surface area contributed by atoms with Crippen molar-refractivity contribution < 1.29 is 18.3 Å². The van der Waals surface area contributed by atoms with Crippen LogP contribution in [-0.2, 0) is 16.4 Å². The number of aromatic nitrogens is 3. The van der Waals surface area contributed by atoms with Gasteiger partial charge >= 0.3 is 5.97 Å². The van der Waals surface area contributed by atoms with Crippen molar-refractivity contribution in [2.45, 2.75) is 25.3 Å². The van der Waals surface area contributed by atoms with E-state index in [1.807, 2.05) is 6.92 Å². The van der Waals surface area contributed by atoms with Gasteiger partial charge in [0.2, 0.25) is 0 Å². The van der Waals surface area contributed by atoms with Crippen LogP contribution in [-0.4, -0.2) is 33.8 Å². The maximum Gasteiger partial charge on any atom is 0.340 e. The van der Waals surface area contributed by atoms with E-state index in [2.05, 4.69) is 19.1 Å². The van der Waals surface area contributed by atoms with E-state index in [9.17, 15) is 13.2 Å². The highest BCUT2D eigenvalue weighted by molar-refractivity contribution is 7.92. The highest BCUT2D eigenvalue weighted by Gasteiger charge is 2.24. The average molecular weight is 316 g/mol. The van der Waals surface area contributed by atoms with Gasteiger partial charge in [0.25, 0.3) is 10.0 Å². The SMILES string of the molecule is CCc1ncc(S(=O)(=O)Nc2snc(C)c2C(=O)O)[nH]1. The molecule has 0 saturated carbocycles. The summed E-state index contributed by atoms with van der Waals surface area (Å²) in [6, 6.07) is 0. The second-order valence-electron chi connectivity index (χ2n) is 3.93. The van der Waals surface area contributed by atoms with Crippen LogP contribution < -0.4 is 4.72 Å². The highest BCUT2D eigenvalue weighted by atomic mass is 32.2. The Morgan fingerprint density at radius 3 is 2.80 bits per heavy atom. The standard InChI is InChI=1S/C10H12N4O4S2/c1-3-6-11-4-7(12-6)20(17,18)14-9-8(10(15)16)5(2)13-19-9/h4,14H,3H2,1-2H3,(H,11,12)(H,15,16). The van der Waals surface area contributed by atoms with Crippen LogP contribution in [0, 0.1) is 6.92 Å². The molecule has 0 spiro atoms. The number of carboxylic acid groups (broad SMARTS) is 1. The van der Waals surface area contributed by atoms with E-state index in [4.69, 9.17) is 5.11 Å². The lowest BCUT2D eigenvalue weighted by molar-refractivity contribution is 0.0697. The molecule has 108 valence electrons. The summed E-state index contributed by atoms with van der Waals surface area (Å²) < 4.78 is 30.3. The molecule has 0 atom stereocenters. The van der Waals surface area contributed by atoms with E-state index in [0.717, 1.165) is 11.5 Å². The Kier molecular flexibility index (Phi) is 3.77. The Labute approximate surface area is 119 Å². The number of sulfonamides is 1. The molecule has 0 saturated heterocycles. The number of aryl methyl sites for hydroxylation is 2. The summed E-state index contributed by atoms with van der Waals surface area (Å²) in [5, 5.41) is 8.92. The van der Waals surface area contributed by atoms with Gasteiger partial charge in [0.05, 0.1) is 11.9 Å². The van der Waals surface area contributed by atoms with Crippen LogP contribution in [0.4, 0.5) is 5.00 Å². The summed E-state index contributed by atoms with van der Waals surface area (Å²) in [6.45, 7) is 3.33. The smallest absolute Gasteiger partial charge is 0.340 e. The molecule has 20 heavy (non-hydrogen) atoms. The predicted octanol–water partition coefficient (Wildman–Crippen LogP) is 1.24. The Hall–Kier alpha value is -1.94. The molecule has 0 amide bonds. The number of imidazole rings is 1. The molecular weight excluding hydrogens is 304 g/mol. The second-order valence-corrected chi connectivity index (χ2v) is 6.35. The molecule has 2 heterocycles. The van der Waals surface area contributed by atoms with Crippen molar-refractivity contribution in [3.63, 3.8) is 0 Å². The fourth-order valence-electron chi connectivity index (χ4n) is 1.53. The van der Waals surface area contributed by atoms with Crippen LogP contribution in [0.15, 0.2) is 11.2 Å². The molecule has 0 aliphatic rings. The van der Waals surface area contributed by atoms with Crippen LogP contribution in [0.2, 0.25) is 0 Å². The highest BCUT2D eigenvalue weighted by Crippen LogP contribution is 2.26. The van der Waals surface area contributed by atoms with Crippen molar-refractivity contribution in [2.75, 3.05) is 4.72 Å². The number of aromatic carboxylic acids is 1. The van der Waals surface area contributed by atoms with Gasteiger partial charge in [-0.2, -0.15) is 12.8 Å². The molecule has 10 heteroatoms. The molecule has 0 bridgehead atoms. The Balaban J connectivity index is 2.36. The number of H-pyrrole nitrogens is 1. The van der Waals surface area contributed by atoms with Crippen molar-refractivity contribution in [2.24, 2.45) is 0 Å². The van der Waals surface area contributed by atoms with Crippen LogP contribution >= 0.6 is 11.5 Å². The largest absolute Gasteiger partial charge is 0.478 e. The predicted molar refractivity (Wildman–Crippen MR) is 72.6 cm³/mol. The van der Waals surface area contributed by atoms with Gasteiger partial charge in [-0.25, -0.2) is 9.78 Å². The monoisotopic (exact) mass is 316 g/mol. The molecule has 0 unspecified atom stereocenters. The number of hydrogen-bond acceptors (Lipinski definition) is 6. The van der Waals surface area contributed by atoms with Gasteiger partial charge in [-0.15, -0.1) is 0 Å². The van der Waals surface area contributed by atoms with E-state index in [1.54, 1.807) is 0 Å². The molecular formula is C10H12N4O4S2. The minimum absolute atomic E-state index is 0.0253. The van der Waals surface area contributed by atoms with Crippen molar-refractivity contribution in [3.05, 3.63) is 23.3 Å². The Bertz CT molecular complexity index is 747. The lowest BCUT2D eigenvalue weighted by Gasteiger charge is -2.04. The van der Waals surface area contributed by atoms with Crippen molar-refractivity contribution >= 4 is 32.5 Å². The van der Waals surface area contributed by atoms with E-state index in [-0.39, 0.29) is 21.3 Å². The Morgan fingerprint density at radius 2 is 2.25 bits per heavy atom. The summed E-state index contributed by atoms with van der Waals surface area (Å²) in [6.07, 6.45) is 1.76. The second kappa shape index (κ2) is 5.21. The molecule has 2 rings (SSSR count). The molecule has 3 N–H and O–H groups in total. The average Bonchev–Trinajstić information content (AvgIpc) is 2.96. The van der Waals surface area contributed by atoms with Crippen molar-refractivity contribution in [3.8, 4) is 0 Å². The topological polar surface area (TPSA) is 125 Å². The summed E-state index contributed by atoms with van der Waals surface area (Å²) >= 11 is 0.783. The van der Waals surface area contributed by atoms with Crippen LogP contribution in [0.25, 0.3) is 0 Å². The number of carboxylic acids is 1. The van der Waals surface area contributed by atoms with Gasteiger partial charge < -0.3 is 10.1 Å². The zero-order chi connectivity index (χ0) is 14.9. The lowest BCUT2D eigenvalue weighted by Crippen LogP contribution is -2.15. The van der Waals surface area contributed by atoms with Crippen molar-refractivity contribution in [1.82, 2.24) is 14.3 Å². The van der Waals surface area contributed by atoms with Gasteiger partial charge in [0, 0.05) is 6.42 Å². The number of rotatable bonds is 5. The third-order valence-corrected chi connectivity index (χ3v) is 4.78. The fourth-order valence-corrected chi connectivity index (χ4v) is 3.55. The number of nitrogens with one attached hydrogen (secondary N) is 2. The minimum Gasteiger partial charge on any atom is -0.478 e. The van der Waals surface area contributed by atoms with E-state index in [0.29, 0.717) is 12.2 Å². The number of aromatic amines is 1. The molecule has 0 aliphatic heterocycles. The zero-order valence-corrected chi connectivity index (χ0v) is 12.3. The third kappa shape index (κ3) is 2.65. The van der Waals surface area contributed by atoms with Gasteiger partial charge in [-0.3, -0.25) is 4.72 Å². The van der Waals surface area contributed by atoms with Crippen molar-refractivity contribution in [1.29, 1.82) is 0 Å². The summed E-state index contributed by atoms with van der Waals surface area (Å²) in [5.41, 5.74) is 0.118. The molecule has 0 aliphatic carbocycles. The first kappa shape index (κ1) is 14.5. The molecule has 0 aromatic carbocycles. The van der Waals surface area contributed by atoms with E-state index < -0.39 is 16.0 Å². The van der Waals surface area contributed by atoms with E-state index >= 15 is 0 Å². The minimum atomic E-state index is -3.91. The fraction of sp³-hybridized carbons (Fsp3) is 0.300.